The van der Waals surface area contributed by atoms with Crippen molar-refractivity contribution < 1.29 is 14.7 Å². The van der Waals surface area contributed by atoms with Crippen molar-refractivity contribution in [1.82, 2.24) is 5.32 Å². The molecule has 0 bridgehead atoms. The minimum atomic E-state index is -1.06. The Morgan fingerprint density at radius 1 is 1.22 bits per heavy atom. The quantitative estimate of drug-likeness (QED) is 0.614. The van der Waals surface area contributed by atoms with Gasteiger partial charge in [-0.25, -0.2) is 0 Å². The van der Waals surface area contributed by atoms with Crippen molar-refractivity contribution >= 4 is 18.0 Å². The van der Waals surface area contributed by atoms with Crippen LogP contribution in [0.15, 0.2) is 48.1 Å². The number of hydrogen-bond acceptors (Lipinski definition) is 2. The number of nitrogens with one attached hydrogen (secondary N) is 1. The van der Waals surface area contributed by atoms with E-state index < -0.39 is 11.9 Å². The molecule has 2 N–H and O–H groups in total. The number of carboxylic acid groups (broad SMARTS) is 1. The zero-order valence-corrected chi connectivity index (χ0v) is 10.1. The van der Waals surface area contributed by atoms with Gasteiger partial charge in [0.05, 0.1) is 0 Å². The average molecular weight is 245 g/mol. The van der Waals surface area contributed by atoms with Crippen LogP contribution in [0.25, 0.3) is 6.08 Å². The molecular formula is C14H15NO3. The van der Waals surface area contributed by atoms with Gasteiger partial charge >= 0.3 is 5.97 Å². The molecule has 0 saturated carbocycles. The van der Waals surface area contributed by atoms with E-state index in [2.05, 4.69) is 5.32 Å². The summed E-state index contributed by atoms with van der Waals surface area (Å²) in [6.07, 6.45) is 4.89. The van der Waals surface area contributed by atoms with Gasteiger partial charge in [-0.05, 0) is 12.5 Å². The van der Waals surface area contributed by atoms with Gasteiger partial charge in [0.25, 0.3) is 0 Å². The number of hydrogen-bond donors (Lipinski definition) is 2. The maximum Gasteiger partial charge on any atom is 0.322 e. The zero-order chi connectivity index (χ0) is 13.4. The molecule has 1 aromatic carbocycles. The molecule has 4 heteroatoms. The summed E-state index contributed by atoms with van der Waals surface area (Å²) in [7, 11) is 0. The number of allylic oxidation sites excluding steroid dienone is 2. The molecule has 0 radical (unpaired) electrons. The van der Waals surface area contributed by atoms with E-state index >= 15 is 0 Å². The van der Waals surface area contributed by atoms with Crippen molar-refractivity contribution in [2.24, 2.45) is 0 Å². The van der Waals surface area contributed by atoms with Crippen molar-refractivity contribution in [2.75, 3.05) is 6.54 Å². The number of carboxylic acids is 1. The number of aliphatic carboxylic acids is 1. The van der Waals surface area contributed by atoms with Gasteiger partial charge in [-0.1, -0.05) is 48.1 Å². The van der Waals surface area contributed by atoms with Crippen LogP contribution in [0.3, 0.4) is 0 Å². The summed E-state index contributed by atoms with van der Waals surface area (Å²) in [5.41, 5.74) is 1.96. The van der Waals surface area contributed by atoms with E-state index in [1.54, 1.807) is 6.08 Å². The van der Waals surface area contributed by atoms with E-state index in [4.69, 9.17) is 5.11 Å². The van der Waals surface area contributed by atoms with Crippen LogP contribution in [-0.4, -0.2) is 23.5 Å². The van der Waals surface area contributed by atoms with Crippen LogP contribution >= 0.6 is 0 Å². The van der Waals surface area contributed by atoms with Crippen molar-refractivity contribution in [2.45, 2.75) is 6.92 Å². The minimum Gasteiger partial charge on any atom is -0.480 e. The molecule has 4 nitrogen and oxygen atoms in total. The van der Waals surface area contributed by atoms with E-state index in [1.165, 1.54) is 6.08 Å². The Morgan fingerprint density at radius 2 is 1.89 bits per heavy atom. The Kier molecular flexibility index (Phi) is 5.38. The zero-order valence-electron chi connectivity index (χ0n) is 10.1. The molecule has 0 fully saturated rings. The van der Waals surface area contributed by atoms with Gasteiger partial charge < -0.3 is 10.4 Å². The van der Waals surface area contributed by atoms with Gasteiger partial charge in [0.2, 0.25) is 5.91 Å². The van der Waals surface area contributed by atoms with Crippen LogP contribution < -0.4 is 5.32 Å². The summed E-state index contributed by atoms with van der Waals surface area (Å²) in [5, 5.41) is 10.6. The molecule has 0 unspecified atom stereocenters. The molecule has 1 rings (SSSR count). The first-order valence-corrected chi connectivity index (χ1v) is 5.49. The van der Waals surface area contributed by atoms with E-state index in [1.807, 2.05) is 43.3 Å². The first-order valence-electron chi connectivity index (χ1n) is 5.49. The largest absolute Gasteiger partial charge is 0.480 e. The summed E-state index contributed by atoms with van der Waals surface area (Å²) in [4.78, 5) is 21.4. The van der Waals surface area contributed by atoms with Crippen LogP contribution in [0.5, 0.6) is 0 Å². The third-order valence-electron chi connectivity index (χ3n) is 2.11. The fourth-order valence-corrected chi connectivity index (χ4v) is 1.29. The molecule has 0 aliphatic carbocycles. The van der Waals surface area contributed by atoms with Crippen LogP contribution in [0, 0.1) is 0 Å². The fourth-order valence-electron chi connectivity index (χ4n) is 1.29. The summed E-state index contributed by atoms with van der Waals surface area (Å²) < 4.78 is 0. The summed E-state index contributed by atoms with van der Waals surface area (Å²) >= 11 is 0. The molecule has 0 aromatic heterocycles. The topological polar surface area (TPSA) is 66.4 Å². The monoisotopic (exact) mass is 245 g/mol. The Bertz CT molecular complexity index is 475. The maximum absolute atomic E-state index is 11.2. The Balaban J connectivity index is 2.54. The van der Waals surface area contributed by atoms with Crippen molar-refractivity contribution in [3.05, 3.63) is 53.6 Å². The predicted octanol–water partition coefficient (Wildman–Crippen LogP) is 1.85. The second-order valence-corrected chi connectivity index (χ2v) is 3.74. The lowest BCUT2D eigenvalue weighted by Crippen LogP contribution is -2.27. The van der Waals surface area contributed by atoms with Crippen LogP contribution in [-0.2, 0) is 9.59 Å². The molecule has 0 atom stereocenters. The first-order chi connectivity index (χ1) is 8.58. The van der Waals surface area contributed by atoms with E-state index in [0.717, 1.165) is 11.1 Å². The molecule has 18 heavy (non-hydrogen) atoms. The van der Waals surface area contributed by atoms with Gasteiger partial charge in [0.15, 0.2) is 0 Å². The number of carbonyl (C=O) groups is 2. The van der Waals surface area contributed by atoms with Crippen molar-refractivity contribution in [1.29, 1.82) is 0 Å². The molecule has 0 aliphatic heterocycles. The normalized spacial score (nSPS) is 11.5. The van der Waals surface area contributed by atoms with Gasteiger partial charge in [-0.15, -0.1) is 0 Å². The number of benzene rings is 1. The molecule has 0 spiro atoms. The summed E-state index contributed by atoms with van der Waals surface area (Å²) in [5.74, 6) is -1.48. The first kappa shape index (κ1) is 13.7. The Hall–Kier alpha value is -2.36. The molecule has 0 saturated heterocycles. The maximum atomic E-state index is 11.2. The van der Waals surface area contributed by atoms with Crippen LogP contribution in [0.1, 0.15) is 12.5 Å². The Labute approximate surface area is 106 Å². The second kappa shape index (κ2) is 7.06. The van der Waals surface area contributed by atoms with E-state index in [-0.39, 0.29) is 6.54 Å². The van der Waals surface area contributed by atoms with Crippen molar-refractivity contribution in [3.8, 4) is 0 Å². The molecule has 0 aliphatic rings. The van der Waals surface area contributed by atoms with Crippen LogP contribution in [0.4, 0.5) is 0 Å². The highest BCUT2D eigenvalue weighted by Crippen LogP contribution is 2.06. The molecule has 1 amide bonds. The minimum absolute atomic E-state index is 0.370. The van der Waals surface area contributed by atoms with Gasteiger partial charge in [-0.3, -0.25) is 9.59 Å². The SMILES string of the molecule is CC(/C=C/C(=O)NCC(=O)O)=C\c1ccccc1. The molecule has 0 heterocycles. The smallest absolute Gasteiger partial charge is 0.322 e. The lowest BCUT2D eigenvalue weighted by atomic mass is 10.1. The van der Waals surface area contributed by atoms with Gasteiger partial charge in [0.1, 0.15) is 6.54 Å². The Morgan fingerprint density at radius 3 is 2.50 bits per heavy atom. The van der Waals surface area contributed by atoms with E-state index in [9.17, 15) is 9.59 Å². The lowest BCUT2D eigenvalue weighted by Gasteiger charge is -1.97. The average Bonchev–Trinajstić information content (AvgIpc) is 2.35. The summed E-state index contributed by atoms with van der Waals surface area (Å²) in [6.45, 7) is 1.50. The number of rotatable bonds is 5. The highest BCUT2D eigenvalue weighted by molar-refractivity contribution is 5.90. The second-order valence-electron chi connectivity index (χ2n) is 3.74. The molecule has 1 aromatic rings. The van der Waals surface area contributed by atoms with E-state index in [0.29, 0.717) is 0 Å². The highest BCUT2D eigenvalue weighted by Gasteiger charge is 1.98. The van der Waals surface area contributed by atoms with Crippen molar-refractivity contribution in [3.63, 3.8) is 0 Å². The number of amides is 1. The van der Waals surface area contributed by atoms with Gasteiger partial charge in [-0.2, -0.15) is 0 Å². The predicted molar refractivity (Wildman–Crippen MR) is 69.9 cm³/mol. The third kappa shape index (κ3) is 5.65. The van der Waals surface area contributed by atoms with Crippen LogP contribution in [0.2, 0.25) is 0 Å². The molecular weight excluding hydrogens is 230 g/mol. The van der Waals surface area contributed by atoms with Gasteiger partial charge in [0, 0.05) is 6.08 Å². The highest BCUT2D eigenvalue weighted by atomic mass is 16.4. The summed E-state index contributed by atoms with van der Waals surface area (Å²) in [6, 6.07) is 9.72. The number of carbonyl (C=O) groups excluding carboxylic acids is 1. The third-order valence-corrected chi connectivity index (χ3v) is 2.11. The fraction of sp³-hybridized carbons (Fsp3) is 0.143. The molecule has 94 valence electrons. The standard InChI is InChI=1S/C14H15NO3/c1-11(9-12-5-3-2-4-6-12)7-8-13(16)15-10-14(17)18/h2-9H,10H2,1H3,(H,15,16)(H,17,18)/b8-7+,11-9+. The lowest BCUT2D eigenvalue weighted by molar-refractivity contribution is -0.137.